The molecule has 0 aliphatic carbocycles. The summed E-state index contributed by atoms with van der Waals surface area (Å²) < 4.78 is 19.5. The minimum absolute atomic E-state index is 0.229. The molecule has 0 atom stereocenters. The van der Waals surface area contributed by atoms with Gasteiger partial charge in [0.2, 0.25) is 0 Å². The number of carbonyl (C=O) groups excluding carboxylic acids is 1. The maximum Gasteiger partial charge on any atom is 0.311 e. The van der Waals surface area contributed by atoms with Crippen LogP contribution in [0.3, 0.4) is 0 Å². The van der Waals surface area contributed by atoms with E-state index >= 15 is 0 Å². The van der Waals surface area contributed by atoms with Crippen LogP contribution in [-0.4, -0.2) is 20.9 Å². The fraction of sp³-hybridized carbons (Fsp3) is 0.115. The van der Waals surface area contributed by atoms with Crippen molar-refractivity contribution in [2.45, 2.75) is 19.3 Å². The van der Waals surface area contributed by atoms with Crippen molar-refractivity contribution in [1.82, 2.24) is 15.0 Å². The number of aromatic amines is 1. The summed E-state index contributed by atoms with van der Waals surface area (Å²) in [5, 5.41) is 1.72. The van der Waals surface area contributed by atoms with E-state index in [2.05, 4.69) is 15.0 Å². The van der Waals surface area contributed by atoms with Crippen LogP contribution < -0.4 is 4.74 Å². The summed E-state index contributed by atoms with van der Waals surface area (Å²) in [6.07, 6.45) is 4.77. The molecule has 32 heavy (non-hydrogen) atoms. The number of nitrogens with one attached hydrogen (secondary N) is 1. The van der Waals surface area contributed by atoms with Gasteiger partial charge in [-0.2, -0.15) is 0 Å². The van der Waals surface area contributed by atoms with Gasteiger partial charge in [-0.1, -0.05) is 24.3 Å². The van der Waals surface area contributed by atoms with Gasteiger partial charge < -0.3 is 9.72 Å². The molecule has 0 aliphatic heterocycles. The van der Waals surface area contributed by atoms with Crippen LogP contribution >= 0.6 is 0 Å². The van der Waals surface area contributed by atoms with Crippen LogP contribution in [0.1, 0.15) is 18.4 Å². The number of halogens is 1. The van der Waals surface area contributed by atoms with Crippen molar-refractivity contribution in [2.75, 3.05) is 0 Å². The zero-order valence-corrected chi connectivity index (χ0v) is 17.2. The van der Waals surface area contributed by atoms with Crippen molar-refractivity contribution in [3.63, 3.8) is 0 Å². The minimum Gasteiger partial charge on any atom is -0.424 e. The number of rotatable bonds is 6. The van der Waals surface area contributed by atoms with Crippen LogP contribution in [0.25, 0.3) is 33.2 Å². The van der Waals surface area contributed by atoms with Crippen LogP contribution in [-0.2, 0) is 11.2 Å². The number of esters is 1. The number of H-pyrrole nitrogens is 1. The molecule has 2 aromatic carbocycles. The summed E-state index contributed by atoms with van der Waals surface area (Å²) in [6.45, 7) is 0. The predicted octanol–water partition coefficient (Wildman–Crippen LogP) is 5.85. The lowest BCUT2D eigenvalue weighted by Gasteiger charge is -2.08. The fourth-order valence-electron chi connectivity index (χ4n) is 3.95. The lowest BCUT2D eigenvalue weighted by atomic mass is 10.0. The molecule has 0 bridgehead atoms. The highest BCUT2D eigenvalue weighted by molar-refractivity contribution is 5.90. The Labute approximate surface area is 183 Å². The lowest BCUT2D eigenvalue weighted by Crippen LogP contribution is -2.08. The van der Waals surface area contributed by atoms with Crippen molar-refractivity contribution >= 4 is 27.8 Å². The van der Waals surface area contributed by atoms with Crippen LogP contribution in [0.5, 0.6) is 5.75 Å². The third kappa shape index (κ3) is 3.95. The number of ether oxygens (including phenoxy) is 1. The second kappa shape index (κ2) is 8.59. The Morgan fingerprint density at radius 3 is 2.72 bits per heavy atom. The summed E-state index contributed by atoms with van der Waals surface area (Å²) in [6, 6.07) is 19.6. The molecular formula is C26H20FN3O2. The highest BCUT2D eigenvalue weighted by Crippen LogP contribution is 2.31. The number of fused-ring (bicyclic) bond motifs is 2. The van der Waals surface area contributed by atoms with Crippen molar-refractivity contribution < 1.29 is 13.9 Å². The maximum atomic E-state index is 13.9. The number of nitrogens with zero attached hydrogens (tertiary/aromatic N) is 2. The average Bonchev–Trinajstić information content (AvgIpc) is 3.17. The standard InChI is InChI=1S/C26H20FN3O2/c27-18-12-13-21-20(16-18)19(26(30-21)22-9-1-2-14-28-22)8-4-11-24(31)32-23-10-3-6-17-7-5-15-29-25(17)23/h1-3,5-7,9-10,12-16,30H,4,8,11H2. The molecule has 0 spiro atoms. The molecule has 0 saturated carbocycles. The van der Waals surface area contributed by atoms with E-state index < -0.39 is 0 Å². The van der Waals surface area contributed by atoms with Crippen molar-refractivity contribution in [3.8, 4) is 17.1 Å². The molecule has 3 aromatic heterocycles. The van der Waals surface area contributed by atoms with E-state index in [0.717, 1.165) is 33.2 Å². The molecular weight excluding hydrogens is 405 g/mol. The Balaban J connectivity index is 1.35. The first-order valence-corrected chi connectivity index (χ1v) is 10.4. The third-order valence-electron chi connectivity index (χ3n) is 5.42. The molecule has 158 valence electrons. The monoisotopic (exact) mass is 425 g/mol. The van der Waals surface area contributed by atoms with Gasteiger partial charge in [0.1, 0.15) is 11.3 Å². The summed E-state index contributed by atoms with van der Waals surface area (Å²) in [5.74, 6) is -0.168. The molecule has 0 fully saturated rings. The first kappa shape index (κ1) is 19.9. The number of aromatic nitrogens is 3. The highest BCUT2D eigenvalue weighted by Gasteiger charge is 2.16. The second-order valence-corrected chi connectivity index (χ2v) is 7.54. The first-order chi connectivity index (χ1) is 15.7. The van der Waals surface area contributed by atoms with Gasteiger partial charge in [0, 0.05) is 35.1 Å². The number of benzene rings is 2. The van der Waals surface area contributed by atoms with E-state index in [4.69, 9.17) is 4.74 Å². The molecule has 3 heterocycles. The minimum atomic E-state index is -0.325. The topological polar surface area (TPSA) is 67.9 Å². The van der Waals surface area contributed by atoms with Crippen molar-refractivity contribution in [2.24, 2.45) is 0 Å². The zero-order chi connectivity index (χ0) is 21.9. The number of pyridine rings is 2. The largest absolute Gasteiger partial charge is 0.424 e. The summed E-state index contributed by atoms with van der Waals surface area (Å²) in [7, 11) is 0. The molecule has 0 aliphatic rings. The van der Waals surface area contributed by atoms with Gasteiger partial charge in [-0.05, 0) is 60.9 Å². The van der Waals surface area contributed by atoms with Crippen LogP contribution in [0.15, 0.2) is 79.1 Å². The molecule has 0 radical (unpaired) electrons. The molecule has 5 aromatic rings. The van der Waals surface area contributed by atoms with E-state index in [1.54, 1.807) is 24.5 Å². The Bertz CT molecular complexity index is 1410. The average molecular weight is 425 g/mol. The zero-order valence-electron chi connectivity index (χ0n) is 17.2. The number of carbonyl (C=O) groups is 1. The van der Waals surface area contributed by atoms with Gasteiger partial charge in [-0.3, -0.25) is 14.8 Å². The fourth-order valence-corrected chi connectivity index (χ4v) is 3.95. The van der Waals surface area contributed by atoms with Gasteiger partial charge in [0.05, 0.1) is 11.4 Å². The van der Waals surface area contributed by atoms with Gasteiger partial charge in [0.25, 0.3) is 0 Å². The Hall–Kier alpha value is -4.06. The predicted molar refractivity (Wildman–Crippen MR) is 122 cm³/mol. The Morgan fingerprint density at radius 1 is 0.969 bits per heavy atom. The van der Waals surface area contributed by atoms with E-state index in [9.17, 15) is 9.18 Å². The second-order valence-electron chi connectivity index (χ2n) is 7.54. The molecule has 0 amide bonds. The Morgan fingerprint density at radius 2 is 1.84 bits per heavy atom. The number of para-hydroxylation sites is 1. The molecule has 5 rings (SSSR count). The quantitative estimate of drug-likeness (QED) is 0.274. The summed E-state index contributed by atoms with van der Waals surface area (Å²) >= 11 is 0. The molecule has 5 nitrogen and oxygen atoms in total. The summed E-state index contributed by atoms with van der Waals surface area (Å²) in [4.78, 5) is 24.6. The van der Waals surface area contributed by atoms with Crippen molar-refractivity contribution in [1.29, 1.82) is 0 Å². The number of hydrogen-bond acceptors (Lipinski definition) is 4. The van der Waals surface area contributed by atoms with Gasteiger partial charge >= 0.3 is 5.97 Å². The number of hydrogen-bond donors (Lipinski definition) is 1. The third-order valence-corrected chi connectivity index (χ3v) is 5.42. The first-order valence-electron chi connectivity index (χ1n) is 10.4. The van der Waals surface area contributed by atoms with E-state index in [0.29, 0.717) is 24.1 Å². The SMILES string of the molecule is O=C(CCCc1c(-c2ccccn2)[nH]c2ccc(F)cc12)Oc1cccc2cccnc12. The van der Waals surface area contributed by atoms with Crippen LogP contribution in [0.2, 0.25) is 0 Å². The Kier molecular flexibility index (Phi) is 5.34. The highest BCUT2D eigenvalue weighted by atomic mass is 19.1. The normalized spacial score (nSPS) is 11.2. The maximum absolute atomic E-state index is 13.9. The smallest absolute Gasteiger partial charge is 0.311 e. The number of aryl methyl sites for hydroxylation is 1. The van der Waals surface area contributed by atoms with Crippen LogP contribution in [0, 0.1) is 5.82 Å². The molecule has 0 unspecified atom stereocenters. The van der Waals surface area contributed by atoms with Gasteiger partial charge in [-0.15, -0.1) is 0 Å². The lowest BCUT2D eigenvalue weighted by molar-refractivity contribution is -0.134. The van der Waals surface area contributed by atoms with Crippen molar-refractivity contribution in [3.05, 3.63) is 90.5 Å². The van der Waals surface area contributed by atoms with E-state index in [1.165, 1.54) is 12.1 Å². The van der Waals surface area contributed by atoms with E-state index in [1.807, 2.05) is 42.5 Å². The summed E-state index contributed by atoms with van der Waals surface area (Å²) in [5.41, 5.74) is 4.07. The van der Waals surface area contributed by atoms with Gasteiger partial charge in [0.15, 0.2) is 5.75 Å². The van der Waals surface area contributed by atoms with Gasteiger partial charge in [-0.25, -0.2) is 4.39 Å². The van der Waals surface area contributed by atoms with E-state index in [-0.39, 0.29) is 18.2 Å². The van der Waals surface area contributed by atoms with Crippen LogP contribution in [0.4, 0.5) is 4.39 Å². The molecule has 6 heteroatoms. The molecule has 0 saturated heterocycles. The molecule has 1 N–H and O–H groups in total.